The Morgan fingerprint density at radius 2 is 1.81 bits per heavy atom. The monoisotopic (exact) mass is 300 g/mol. The zero-order chi connectivity index (χ0) is 14.8. The van der Waals surface area contributed by atoms with Crippen molar-refractivity contribution in [2.24, 2.45) is 0 Å². The van der Waals surface area contributed by atoms with Gasteiger partial charge in [-0.3, -0.25) is 0 Å². The molecule has 1 heterocycles. The minimum atomic E-state index is -0.292. The quantitative estimate of drug-likeness (QED) is 0.726. The fourth-order valence-electron chi connectivity index (χ4n) is 2.21. The van der Waals surface area contributed by atoms with E-state index in [9.17, 15) is 4.39 Å². The standard InChI is InChI=1S/C16H13FN2OS/c1-21-13-5-3-2-4-12(13)15-14(16(18)19-20-15)10-6-8-11(17)9-7-10/h2-9H,1H3,(H2,18,19). The first-order valence-electron chi connectivity index (χ1n) is 6.35. The maximum Gasteiger partial charge on any atom is 0.178 e. The van der Waals surface area contributed by atoms with E-state index in [0.29, 0.717) is 17.1 Å². The Labute approximate surface area is 126 Å². The summed E-state index contributed by atoms with van der Waals surface area (Å²) in [6, 6.07) is 14.0. The number of aromatic nitrogens is 1. The van der Waals surface area contributed by atoms with Crippen LogP contribution in [-0.2, 0) is 0 Å². The van der Waals surface area contributed by atoms with E-state index in [1.807, 2.05) is 30.5 Å². The third-order valence-corrected chi connectivity index (χ3v) is 4.00. The lowest BCUT2D eigenvalue weighted by Crippen LogP contribution is -1.89. The van der Waals surface area contributed by atoms with E-state index in [2.05, 4.69) is 5.16 Å². The van der Waals surface area contributed by atoms with Crippen LogP contribution in [0.25, 0.3) is 22.5 Å². The van der Waals surface area contributed by atoms with E-state index >= 15 is 0 Å². The van der Waals surface area contributed by atoms with Crippen molar-refractivity contribution in [3.05, 3.63) is 54.3 Å². The highest BCUT2D eigenvalue weighted by atomic mass is 32.2. The van der Waals surface area contributed by atoms with Crippen molar-refractivity contribution in [3.8, 4) is 22.5 Å². The number of halogens is 1. The van der Waals surface area contributed by atoms with E-state index < -0.39 is 0 Å². The fourth-order valence-corrected chi connectivity index (χ4v) is 2.81. The molecule has 106 valence electrons. The van der Waals surface area contributed by atoms with Crippen LogP contribution in [0.2, 0.25) is 0 Å². The van der Waals surface area contributed by atoms with Gasteiger partial charge in [-0.15, -0.1) is 11.8 Å². The molecular weight excluding hydrogens is 287 g/mol. The third kappa shape index (κ3) is 2.52. The van der Waals surface area contributed by atoms with E-state index in [4.69, 9.17) is 10.3 Å². The molecule has 0 aliphatic heterocycles. The van der Waals surface area contributed by atoms with Crippen molar-refractivity contribution in [3.63, 3.8) is 0 Å². The molecule has 3 rings (SSSR count). The fraction of sp³-hybridized carbons (Fsp3) is 0.0625. The Morgan fingerprint density at radius 1 is 1.10 bits per heavy atom. The third-order valence-electron chi connectivity index (χ3n) is 3.20. The topological polar surface area (TPSA) is 52.0 Å². The van der Waals surface area contributed by atoms with Crippen LogP contribution in [0, 0.1) is 5.82 Å². The molecule has 3 aromatic rings. The van der Waals surface area contributed by atoms with Gasteiger partial charge in [-0.1, -0.05) is 29.4 Å². The van der Waals surface area contributed by atoms with Crippen LogP contribution in [-0.4, -0.2) is 11.4 Å². The molecule has 2 N–H and O–H groups in total. The number of thioether (sulfide) groups is 1. The molecule has 0 fully saturated rings. The van der Waals surface area contributed by atoms with Gasteiger partial charge in [-0.2, -0.15) is 0 Å². The first-order chi connectivity index (χ1) is 10.2. The van der Waals surface area contributed by atoms with Gasteiger partial charge in [0.25, 0.3) is 0 Å². The summed E-state index contributed by atoms with van der Waals surface area (Å²) in [6.07, 6.45) is 2.00. The second-order valence-corrected chi connectivity index (χ2v) is 5.33. The van der Waals surface area contributed by atoms with Crippen LogP contribution >= 0.6 is 11.8 Å². The molecule has 0 aliphatic rings. The Hall–Kier alpha value is -2.27. The predicted molar refractivity (Wildman–Crippen MR) is 83.5 cm³/mol. The van der Waals surface area contributed by atoms with Crippen molar-refractivity contribution >= 4 is 17.6 Å². The maximum absolute atomic E-state index is 13.1. The first kappa shape index (κ1) is 13.7. The lowest BCUT2D eigenvalue weighted by atomic mass is 10.0. The molecule has 3 nitrogen and oxygen atoms in total. The lowest BCUT2D eigenvalue weighted by molar-refractivity contribution is 0.435. The molecule has 0 saturated heterocycles. The number of nitrogens with zero attached hydrogens (tertiary/aromatic N) is 1. The van der Waals surface area contributed by atoms with Crippen molar-refractivity contribution < 1.29 is 8.91 Å². The van der Waals surface area contributed by atoms with Gasteiger partial charge in [0.15, 0.2) is 11.6 Å². The summed E-state index contributed by atoms with van der Waals surface area (Å²) in [5.41, 5.74) is 8.33. The van der Waals surface area contributed by atoms with Gasteiger partial charge in [0, 0.05) is 10.5 Å². The van der Waals surface area contributed by atoms with E-state index in [0.717, 1.165) is 16.0 Å². The number of hydrogen-bond acceptors (Lipinski definition) is 4. The minimum Gasteiger partial charge on any atom is -0.380 e. The number of nitrogens with two attached hydrogens (primary N) is 1. The lowest BCUT2D eigenvalue weighted by Gasteiger charge is -2.06. The normalized spacial score (nSPS) is 10.8. The van der Waals surface area contributed by atoms with Crippen LogP contribution in [0.4, 0.5) is 10.2 Å². The highest BCUT2D eigenvalue weighted by Gasteiger charge is 2.19. The van der Waals surface area contributed by atoms with Crippen LogP contribution in [0.1, 0.15) is 0 Å². The Morgan fingerprint density at radius 3 is 2.52 bits per heavy atom. The number of benzene rings is 2. The van der Waals surface area contributed by atoms with Crippen LogP contribution in [0.3, 0.4) is 0 Å². The Bertz CT molecular complexity index is 768. The zero-order valence-electron chi connectivity index (χ0n) is 11.3. The summed E-state index contributed by atoms with van der Waals surface area (Å²) in [5, 5.41) is 3.87. The summed E-state index contributed by atoms with van der Waals surface area (Å²) in [6.45, 7) is 0. The van der Waals surface area contributed by atoms with Gasteiger partial charge in [-0.25, -0.2) is 4.39 Å². The van der Waals surface area contributed by atoms with Gasteiger partial charge in [-0.05, 0) is 36.1 Å². The Balaban J connectivity index is 2.19. The smallest absolute Gasteiger partial charge is 0.178 e. The molecule has 0 bridgehead atoms. The molecule has 0 atom stereocenters. The number of rotatable bonds is 3. The van der Waals surface area contributed by atoms with Crippen molar-refractivity contribution in [2.75, 3.05) is 12.0 Å². The Kier molecular flexibility index (Phi) is 3.66. The van der Waals surface area contributed by atoms with Crippen molar-refractivity contribution in [2.45, 2.75) is 4.90 Å². The number of anilines is 1. The van der Waals surface area contributed by atoms with Crippen molar-refractivity contribution in [1.82, 2.24) is 5.16 Å². The van der Waals surface area contributed by atoms with Crippen LogP contribution in [0.5, 0.6) is 0 Å². The van der Waals surface area contributed by atoms with Crippen LogP contribution < -0.4 is 5.73 Å². The van der Waals surface area contributed by atoms with Gasteiger partial charge in [0.1, 0.15) is 5.82 Å². The molecule has 0 radical (unpaired) electrons. The van der Waals surface area contributed by atoms with Gasteiger partial charge >= 0.3 is 0 Å². The SMILES string of the molecule is CSc1ccccc1-c1onc(N)c1-c1ccc(F)cc1. The van der Waals surface area contributed by atoms with E-state index in [1.165, 1.54) is 12.1 Å². The summed E-state index contributed by atoms with van der Waals surface area (Å²) >= 11 is 1.62. The summed E-state index contributed by atoms with van der Waals surface area (Å²) in [5.74, 6) is 0.608. The zero-order valence-corrected chi connectivity index (χ0v) is 12.2. The molecule has 0 saturated carbocycles. The molecular formula is C16H13FN2OS. The first-order valence-corrected chi connectivity index (χ1v) is 7.57. The number of nitrogen functional groups attached to an aromatic ring is 1. The second-order valence-electron chi connectivity index (χ2n) is 4.48. The van der Waals surface area contributed by atoms with E-state index in [-0.39, 0.29) is 5.82 Å². The molecule has 0 unspecified atom stereocenters. The largest absolute Gasteiger partial charge is 0.380 e. The number of hydrogen-bond donors (Lipinski definition) is 1. The molecule has 21 heavy (non-hydrogen) atoms. The van der Waals surface area contributed by atoms with Crippen molar-refractivity contribution in [1.29, 1.82) is 0 Å². The van der Waals surface area contributed by atoms with E-state index in [1.54, 1.807) is 23.9 Å². The average Bonchev–Trinajstić information content (AvgIpc) is 2.90. The second kappa shape index (κ2) is 5.61. The molecule has 0 spiro atoms. The molecule has 2 aromatic carbocycles. The molecule has 0 amide bonds. The summed E-state index contributed by atoms with van der Waals surface area (Å²) < 4.78 is 18.5. The highest BCUT2D eigenvalue weighted by molar-refractivity contribution is 7.98. The van der Waals surface area contributed by atoms with Gasteiger partial charge < -0.3 is 10.3 Å². The molecule has 1 aromatic heterocycles. The maximum atomic E-state index is 13.1. The van der Waals surface area contributed by atoms with Crippen LogP contribution in [0.15, 0.2) is 57.9 Å². The predicted octanol–water partition coefficient (Wildman–Crippen LogP) is 4.45. The summed E-state index contributed by atoms with van der Waals surface area (Å²) in [7, 11) is 0. The average molecular weight is 300 g/mol. The van der Waals surface area contributed by atoms with Gasteiger partial charge in [0.2, 0.25) is 0 Å². The molecule has 0 aliphatic carbocycles. The molecule has 5 heteroatoms. The van der Waals surface area contributed by atoms with Gasteiger partial charge in [0.05, 0.1) is 5.56 Å². The summed E-state index contributed by atoms with van der Waals surface area (Å²) in [4.78, 5) is 1.07. The highest BCUT2D eigenvalue weighted by Crippen LogP contribution is 2.40. The minimum absolute atomic E-state index is 0.292.